The number of H-pyrrole nitrogens is 1. The number of rotatable bonds is 6. The normalized spacial score (nSPS) is 16.5. The van der Waals surface area contributed by atoms with Crippen LogP contribution in [0.5, 0.6) is 0 Å². The highest BCUT2D eigenvalue weighted by molar-refractivity contribution is 8.00. The molecular weight excluding hydrogens is 394 g/mol. The number of fused-ring (bicyclic) bond motifs is 1. The summed E-state index contributed by atoms with van der Waals surface area (Å²) in [4.78, 5) is 20.5. The van der Waals surface area contributed by atoms with Crippen molar-refractivity contribution < 1.29 is 13.2 Å². The average Bonchev–Trinajstić information content (AvgIpc) is 3.38. The molecule has 0 aliphatic carbocycles. The maximum Gasteiger partial charge on any atom is 0.244 e. The van der Waals surface area contributed by atoms with E-state index in [0.717, 1.165) is 23.7 Å². The molecule has 0 saturated carbocycles. The van der Waals surface area contributed by atoms with Gasteiger partial charge in [-0.25, -0.2) is 13.4 Å². The summed E-state index contributed by atoms with van der Waals surface area (Å²) in [6.07, 6.45) is 4.92. The van der Waals surface area contributed by atoms with E-state index in [-0.39, 0.29) is 15.9 Å². The van der Waals surface area contributed by atoms with Crippen molar-refractivity contribution in [2.24, 2.45) is 0 Å². The van der Waals surface area contributed by atoms with Crippen LogP contribution >= 0.6 is 11.8 Å². The number of hydrogen-bond acceptors (Lipinski definition) is 5. The van der Waals surface area contributed by atoms with Crippen LogP contribution in [0.2, 0.25) is 0 Å². The summed E-state index contributed by atoms with van der Waals surface area (Å²) in [5.41, 5.74) is 1.58. The van der Waals surface area contributed by atoms with Gasteiger partial charge in [-0.3, -0.25) is 4.79 Å². The molecule has 28 heavy (non-hydrogen) atoms. The molecular formula is C20H21N3O3S2. The molecule has 1 atom stereocenters. The molecule has 0 radical (unpaired) electrons. The van der Waals surface area contributed by atoms with Gasteiger partial charge in [0, 0.05) is 41.9 Å². The SMILES string of the molecule is C[C@@H](Sc1ccc(S(=O)(=O)N2CCCC2)cn1)C(=O)c1c[nH]c2ccccc12. The van der Waals surface area contributed by atoms with Crippen LogP contribution in [0, 0.1) is 0 Å². The Labute approximate surface area is 168 Å². The Morgan fingerprint density at radius 2 is 1.93 bits per heavy atom. The lowest BCUT2D eigenvalue weighted by Crippen LogP contribution is -2.27. The third-order valence-corrected chi connectivity index (χ3v) is 7.87. The largest absolute Gasteiger partial charge is 0.360 e. The maximum absolute atomic E-state index is 12.9. The lowest BCUT2D eigenvalue weighted by atomic mass is 10.1. The van der Waals surface area contributed by atoms with Gasteiger partial charge in [-0.05, 0) is 38.0 Å². The summed E-state index contributed by atoms with van der Waals surface area (Å²) < 4.78 is 26.7. The first-order chi connectivity index (χ1) is 13.5. The monoisotopic (exact) mass is 415 g/mol. The minimum absolute atomic E-state index is 0.0121. The number of benzene rings is 1. The van der Waals surface area contributed by atoms with E-state index in [9.17, 15) is 13.2 Å². The van der Waals surface area contributed by atoms with Gasteiger partial charge in [-0.15, -0.1) is 0 Å². The molecule has 0 unspecified atom stereocenters. The van der Waals surface area contributed by atoms with Crippen LogP contribution in [-0.2, 0) is 10.0 Å². The first kappa shape index (κ1) is 19.2. The summed E-state index contributed by atoms with van der Waals surface area (Å²) in [6, 6.07) is 10.9. The molecule has 0 spiro atoms. The lowest BCUT2D eigenvalue weighted by molar-refractivity contribution is 0.0995. The predicted molar refractivity (Wildman–Crippen MR) is 110 cm³/mol. The van der Waals surface area contributed by atoms with Gasteiger partial charge < -0.3 is 4.98 Å². The maximum atomic E-state index is 12.9. The summed E-state index contributed by atoms with van der Waals surface area (Å²) >= 11 is 1.33. The molecule has 8 heteroatoms. The Bertz CT molecular complexity index is 1100. The standard InChI is InChI=1S/C20H21N3O3S2/c1-14(20(24)17-13-21-18-7-3-2-6-16(17)18)27-19-9-8-15(12-22-19)28(25,26)23-10-4-5-11-23/h2-3,6-9,12-14,21H,4-5,10-11H2,1H3/t14-/m1/s1. The van der Waals surface area contributed by atoms with Gasteiger partial charge in [0.1, 0.15) is 4.90 Å². The molecule has 0 amide bonds. The number of Topliss-reactive ketones (excluding diaryl/α,β-unsaturated/α-hetero) is 1. The fraction of sp³-hybridized carbons (Fsp3) is 0.300. The van der Waals surface area contributed by atoms with Crippen LogP contribution in [0.25, 0.3) is 10.9 Å². The van der Waals surface area contributed by atoms with Crippen LogP contribution in [0.1, 0.15) is 30.1 Å². The molecule has 1 saturated heterocycles. The van der Waals surface area contributed by atoms with Gasteiger partial charge in [0.25, 0.3) is 0 Å². The summed E-state index contributed by atoms with van der Waals surface area (Å²) in [6.45, 7) is 2.97. The molecule has 1 fully saturated rings. The van der Waals surface area contributed by atoms with Crippen molar-refractivity contribution >= 4 is 38.5 Å². The molecule has 3 heterocycles. The van der Waals surface area contributed by atoms with Crippen LogP contribution in [0.15, 0.2) is 58.7 Å². The van der Waals surface area contributed by atoms with Crippen molar-refractivity contribution in [2.75, 3.05) is 13.1 Å². The number of carbonyl (C=O) groups excluding carboxylic acids is 1. The number of para-hydroxylation sites is 1. The second-order valence-corrected chi connectivity index (χ2v) is 10.1. The van der Waals surface area contributed by atoms with Gasteiger partial charge >= 0.3 is 0 Å². The van der Waals surface area contributed by atoms with Crippen LogP contribution < -0.4 is 0 Å². The Balaban J connectivity index is 1.49. The zero-order valence-corrected chi connectivity index (χ0v) is 17.1. The van der Waals surface area contributed by atoms with E-state index in [1.54, 1.807) is 18.3 Å². The molecule has 0 bridgehead atoms. The Morgan fingerprint density at radius 3 is 2.64 bits per heavy atom. The van der Waals surface area contributed by atoms with Gasteiger partial charge in [0.05, 0.1) is 10.3 Å². The van der Waals surface area contributed by atoms with E-state index >= 15 is 0 Å². The lowest BCUT2D eigenvalue weighted by Gasteiger charge is -2.15. The van der Waals surface area contributed by atoms with Crippen molar-refractivity contribution in [1.82, 2.24) is 14.3 Å². The zero-order chi connectivity index (χ0) is 19.7. The predicted octanol–water partition coefficient (Wildman–Crippen LogP) is 3.71. The second-order valence-electron chi connectivity index (χ2n) is 6.82. The average molecular weight is 416 g/mol. The number of thioether (sulfide) groups is 1. The number of sulfonamides is 1. The zero-order valence-electron chi connectivity index (χ0n) is 15.5. The number of nitrogens with one attached hydrogen (secondary N) is 1. The number of aromatic nitrogens is 2. The third-order valence-electron chi connectivity index (χ3n) is 4.93. The van der Waals surface area contributed by atoms with E-state index in [1.165, 1.54) is 22.3 Å². The highest BCUT2D eigenvalue weighted by Gasteiger charge is 2.27. The molecule has 3 aromatic rings. The molecule has 1 aliphatic heterocycles. The topological polar surface area (TPSA) is 83.1 Å². The number of ketones is 1. The number of hydrogen-bond donors (Lipinski definition) is 1. The quantitative estimate of drug-likeness (QED) is 0.490. The minimum Gasteiger partial charge on any atom is -0.360 e. The molecule has 4 rings (SSSR count). The van der Waals surface area contributed by atoms with Crippen molar-refractivity contribution in [3.05, 3.63) is 54.4 Å². The molecule has 6 nitrogen and oxygen atoms in total. The molecule has 1 aromatic carbocycles. The molecule has 1 aliphatic rings. The van der Waals surface area contributed by atoms with E-state index in [1.807, 2.05) is 31.2 Å². The van der Waals surface area contributed by atoms with E-state index in [4.69, 9.17) is 0 Å². The highest BCUT2D eigenvalue weighted by Crippen LogP contribution is 2.28. The Hall–Kier alpha value is -2.16. The number of nitrogens with zero attached hydrogens (tertiary/aromatic N) is 2. The number of pyridine rings is 1. The first-order valence-electron chi connectivity index (χ1n) is 9.20. The second kappa shape index (κ2) is 7.69. The number of aromatic amines is 1. The van der Waals surface area contributed by atoms with Gasteiger partial charge in [-0.2, -0.15) is 4.31 Å². The Morgan fingerprint density at radius 1 is 1.18 bits per heavy atom. The van der Waals surface area contributed by atoms with Crippen LogP contribution in [0.4, 0.5) is 0 Å². The van der Waals surface area contributed by atoms with Crippen LogP contribution in [0.3, 0.4) is 0 Å². The van der Waals surface area contributed by atoms with E-state index in [0.29, 0.717) is 23.7 Å². The molecule has 2 aromatic heterocycles. The summed E-state index contributed by atoms with van der Waals surface area (Å²) in [5, 5.41) is 1.19. The van der Waals surface area contributed by atoms with Crippen LogP contribution in [-0.4, -0.2) is 46.8 Å². The number of carbonyl (C=O) groups is 1. The third kappa shape index (κ3) is 3.59. The fourth-order valence-corrected chi connectivity index (χ4v) is 5.71. The Kier molecular flexibility index (Phi) is 5.27. The summed E-state index contributed by atoms with van der Waals surface area (Å²) in [7, 11) is -3.47. The smallest absolute Gasteiger partial charge is 0.244 e. The van der Waals surface area contributed by atoms with Gasteiger partial charge in [0.15, 0.2) is 5.78 Å². The highest BCUT2D eigenvalue weighted by atomic mass is 32.2. The minimum atomic E-state index is -3.47. The molecule has 1 N–H and O–H groups in total. The van der Waals surface area contributed by atoms with Gasteiger partial charge in [-0.1, -0.05) is 30.0 Å². The van der Waals surface area contributed by atoms with E-state index in [2.05, 4.69) is 9.97 Å². The van der Waals surface area contributed by atoms with Crippen molar-refractivity contribution in [1.29, 1.82) is 0 Å². The summed E-state index contributed by atoms with van der Waals surface area (Å²) in [5.74, 6) is 0.0121. The van der Waals surface area contributed by atoms with Gasteiger partial charge in [0.2, 0.25) is 10.0 Å². The van der Waals surface area contributed by atoms with Crippen molar-refractivity contribution in [3.8, 4) is 0 Å². The van der Waals surface area contributed by atoms with E-state index < -0.39 is 10.0 Å². The van der Waals surface area contributed by atoms with Crippen molar-refractivity contribution in [3.63, 3.8) is 0 Å². The van der Waals surface area contributed by atoms with Crippen molar-refractivity contribution in [2.45, 2.75) is 34.9 Å². The first-order valence-corrected chi connectivity index (χ1v) is 11.5. The molecule has 146 valence electrons. The fourth-order valence-electron chi connectivity index (χ4n) is 3.40.